The van der Waals surface area contributed by atoms with Gasteiger partial charge in [-0.05, 0) is 6.42 Å². The van der Waals surface area contributed by atoms with Crippen molar-refractivity contribution in [2.24, 2.45) is 0 Å². The quantitative estimate of drug-likeness (QED) is 0.326. The van der Waals surface area contributed by atoms with Crippen LogP contribution < -0.4 is 5.32 Å². The lowest BCUT2D eigenvalue weighted by molar-refractivity contribution is -0.117. The van der Waals surface area contributed by atoms with Gasteiger partial charge in [0.2, 0.25) is 5.91 Å². The van der Waals surface area contributed by atoms with Crippen molar-refractivity contribution in [3.8, 4) is 0 Å². The molecule has 0 aliphatic heterocycles. The number of carbonyl (C=O) groups is 1. The average molecular weight is 227 g/mol. The highest BCUT2D eigenvalue weighted by atomic mass is 16.3. The van der Waals surface area contributed by atoms with Crippen LogP contribution in [0.5, 0.6) is 0 Å². The maximum Gasteiger partial charge on any atom is 0.244 e. The molecular weight excluding hydrogens is 206 g/mol. The monoisotopic (exact) mass is 227 g/mol. The minimum atomic E-state index is -0.891. The topological polar surface area (TPSA) is 69.6 Å². The van der Waals surface area contributed by atoms with Crippen LogP contribution in [-0.4, -0.2) is 35.4 Å². The summed E-state index contributed by atoms with van der Waals surface area (Å²) in [5.74, 6) is -0.271. The minimum absolute atomic E-state index is 0.0687. The average Bonchev–Trinajstić information content (AvgIpc) is 2.30. The zero-order valence-corrected chi connectivity index (χ0v) is 9.72. The fraction of sp³-hybridized carbons (Fsp3) is 0.583. The van der Waals surface area contributed by atoms with E-state index in [1.807, 2.05) is 12.2 Å². The molecule has 3 N–H and O–H groups in total. The van der Waals surface area contributed by atoms with Gasteiger partial charge in [0.15, 0.2) is 0 Å². The molecule has 0 heterocycles. The number of aliphatic hydroxyl groups is 2. The highest BCUT2D eigenvalue weighted by Gasteiger charge is 2.01. The van der Waals surface area contributed by atoms with Crippen molar-refractivity contribution < 1.29 is 15.0 Å². The van der Waals surface area contributed by atoms with Crippen LogP contribution in [-0.2, 0) is 4.79 Å². The van der Waals surface area contributed by atoms with E-state index in [1.165, 1.54) is 6.08 Å². The summed E-state index contributed by atoms with van der Waals surface area (Å²) < 4.78 is 0. The number of allylic oxidation sites excluding steroid dienone is 3. The predicted octanol–water partition coefficient (Wildman–Crippen LogP) is 0.758. The van der Waals surface area contributed by atoms with Gasteiger partial charge >= 0.3 is 0 Å². The summed E-state index contributed by atoms with van der Waals surface area (Å²) in [5.41, 5.74) is 0. The highest BCUT2D eigenvalue weighted by molar-refractivity contribution is 5.87. The van der Waals surface area contributed by atoms with Crippen LogP contribution in [0.1, 0.15) is 26.2 Å². The van der Waals surface area contributed by atoms with Crippen LogP contribution in [0.15, 0.2) is 24.3 Å². The lowest BCUT2D eigenvalue weighted by Crippen LogP contribution is -2.32. The first-order valence-corrected chi connectivity index (χ1v) is 5.60. The Bertz CT molecular complexity index is 236. The van der Waals surface area contributed by atoms with Gasteiger partial charge in [0.25, 0.3) is 0 Å². The normalized spacial score (nSPS) is 13.4. The second-order valence-corrected chi connectivity index (χ2v) is 3.51. The summed E-state index contributed by atoms with van der Waals surface area (Å²) in [6.45, 7) is 1.85. The molecule has 0 saturated carbocycles. The summed E-state index contributed by atoms with van der Waals surface area (Å²) in [6.07, 6.45) is 9.34. The number of nitrogens with one attached hydrogen (secondary N) is 1. The van der Waals surface area contributed by atoms with E-state index >= 15 is 0 Å². The standard InChI is InChI=1S/C12H21NO3/c1-2-3-4-5-6-7-8-12(16)13-9-11(15)10-14/h5-8,11,14-15H,2-4,9-10H2,1H3,(H,13,16)/b6-5+,8-7+. The van der Waals surface area contributed by atoms with Crippen molar-refractivity contribution in [1.29, 1.82) is 0 Å². The van der Waals surface area contributed by atoms with E-state index in [2.05, 4.69) is 12.2 Å². The SMILES string of the molecule is CCCC/C=C/C=C/C(=O)NCC(O)CO. The summed E-state index contributed by atoms with van der Waals surface area (Å²) >= 11 is 0. The van der Waals surface area contributed by atoms with Gasteiger partial charge < -0.3 is 15.5 Å². The van der Waals surface area contributed by atoms with E-state index in [4.69, 9.17) is 10.2 Å². The van der Waals surface area contributed by atoms with Crippen molar-refractivity contribution in [3.63, 3.8) is 0 Å². The highest BCUT2D eigenvalue weighted by Crippen LogP contribution is 1.94. The van der Waals surface area contributed by atoms with Crippen LogP contribution in [0.2, 0.25) is 0 Å². The Balaban J connectivity index is 3.62. The molecule has 0 aliphatic rings. The second-order valence-electron chi connectivity index (χ2n) is 3.51. The number of hydrogen-bond acceptors (Lipinski definition) is 3. The van der Waals surface area contributed by atoms with E-state index in [0.29, 0.717) is 0 Å². The Kier molecular flexibility index (Phi) is 9.66. The van der Waals surface area contributed by atoms with Crippen molar-refractivity contribution in [2.75, 3.05) is 13.2 Å². The summed E-state index contributed by atoms with van der Waals surface area (Å²) in [7, 11) is 0. The van der Waals surface area contributed by atoms with Crippen LogP contribution in [0.25, 0.3) is 0 Å². The molecule has 4 nitrogen and oxygen atoms in total. The summed E-state index contributed by atoms with van der Waals surface area (Å²) in [6, 6.07) is 0. The third-order valence-corrected chi connectivity index (χ3v) is 1.94. The van der Waals surface area contributed by atoms with Gasteiger partial charge in [-0.3, -0.25) is 4.79 Å². The van der Waals surface area contributed by atoms with Crippen molar-refractivity contribution in [2.45, 2.75) is 32.3 Å². The lowest BCUT2D eigenvalue weighted by Gasteiger charge is -2.06. The van der Waals surface area contributed by atoms with Crippen LogP contribution in [0, 0.1) is 0 Å². The zero-order valence-electron chi connectivity index (χ0n) is 9.72. The van der Waals surface area contributed by atoms with Crippen LogP contribution >= 0.6 is 0 Å². The Morgan fingerprint density at radius 3 is 2.81 bits per heavy atom. The molecule has 1 unspecified atom stereocenters. The first-order valence-electron chi connectivity index (χ1n) is 5.60. The Morgan fingerprint density at radius 1 is 1.44 bits per heavy atom. The molecule has 0 radical (unpaired) electrons. The Morgan fingerprint density at radius 2 is 2.19 bits per heavy atom. The third-order valence-electron chi connectivity index (χ3n) is 1.94. The molecule has 0 aromatic heterocycles. The molecule has 0 aromatic rings. The second kappa shape index (κ2) is 10.4. The Labute approximate surface area is 96.7 Å². The molecule has 0 saturated heterocycles. The molecule has 1 atom stereocenters. The number of hydrogen-bond donors (Lipinski definition) is 3. The molecule has 0 rings (SSSR count). The summed E-state index contributed by atoms with van der Waals surface area (Å²) in [5, 5.41) is 20.0. The molecule has 92 valence electrons. The van der Waals surface area contributed by atoms with E-state index in [-0.39, 0.29) is 19.1 Å². The number of amides is 1. The molecule has 0 bridgehead atoms. The van der Waals surface area contributed by atoms with Gasteiger partial charge in [-0.15, -0.1) is 0 Å². The van der Waals surface area contributed by atoms with Gasteiger partial charge in [0.1, 0.15) is 0 Å². The molecule has 0 aromatic carbocycles. The van der Waals surface area contributed by atoms with Gasteiger partial charge in [-0.25, -0.2) is 0 Å². The smallest absolute Gasteiger partial charge is 0.244 e. The third kappa shape index (κ3) is 9.43. The first-order chi connectivity index (χ1) is 7.70. The van der Waals surface area contributed by atoms with Crippen molar-refractivity contribution in [1.82, 2.24) is 5.32 Å². The van der Waals surface area contributed by atoms with Crippen LogP contribution in [0.4, 0.5) is 0 Å². The Hall–Kier alpha value is -1.13. The van der Waals surface area contributed by atoms with Crippen LogP contribution in [0.3, 0.4) is 0 Å². The van der Waals surface area contributed by atoms with Crippen molar-refractivity contribution in [3.05, 3.63) is 24.3 Å². The molecule has 0 fully saturated rings. The van der Waals surface area contributed by atoms with E-state index in [1.54, 1.807) is 6.08 Å². The number of carbonyl (C=O) groups excluding carboxylic acids is 1. The zero-order chi connectivity index (χ0) is 12.2. The number of unbranched alkanes of at least 4 members (excludes halogenated alkanes) is 2. The van der Waals surface area contributed by atoms with Gasteiger partial charge in [0, 0.05) is 12.6 Å². The maximum absolute atomic E-state index is 11.1. The van der Waals surface area contributed by atoms with Gasteiger partial charge in [-0.1, -0.05) is 38.0 Å². The molecule has 4 heteroatoms. The summed E-state index contributed by atoms with van der Waals surface area (Å²) in [4.78, 5) is 11.1. The largest absolute Gasteiger partial charge is 0.394 e. The molecule has 16 heavy (non-hydrogen) atoms. The van der Waals surface area contributed by atoms with E-state index in [9.17, 15) is 4.79 Å². The number of rotatable bonds is 8. The molecule has 0 aliphatic carbocycles. The predicted molar refractivity (Wildman–Crippen MR) is 63.9 cm³/mol. The van der Waals surface area contributed by atoms with Crippen molar-refractivity contribution >= 4 is 5.91 Å². The number of aliphatic hydroxyl groups excluding tert-OH is 2. The fourth-order valence-corrected chi connectivity index (χ4v) is 0.982. The minimum Gasteiger partial charge on any atom is -0.394 e. The fourth-order valence-electron chi connectivity index (χ4n) is 0.982. The lowest BCUT2D eigenvalue weighted by atomic mass is 10.2. The van der Waals surface area contributed by atoms with E-state index < -0.39 is 6.10 Å². The van der Waals surface area contributed by atoms with Gasteiger partial charge in [-0.2, -0.15) is 0 Å². The first kappa shape index (κ1) is 14.9. The molecular formula is C12H21NO3. The molecule has 0 spiro atoms. The maximum atomic E-state index is 11.1. The molecule has 1 amide bonds. The van der Waals surface area contributed by atoms with Gasteiger partial charge in [0.05, 0.1) is 12.7 Å². The van der Waals surface area contributed by atoms with E-state index in [0.717, 1.165) is 19.3 Å².